The van der Waals surface area contributed by atoms with Crippen LogP contribution in [-0.2, 0) is 11.3 Å². The predicted molar refractivity (Wildman–Crippen MR) is 93.3 cm³/mol. The number of guanidine groups is 1. The third kappa shape index (κ3) is 3.92. The topological polar surface area (TPSA) is 53.5 Å². The molecule has 3 rings (SSSR count). The monoisotopic (exact) mass is 345 g/mol. The number of amides is 1. The molecule has 0 saturated carbocycles. The van der Waals surface area contributed by atoms with Gasteiger partial charge in [0.15, 0.2) is 0 Å². The Morgan fingerprint density at radius 1 is 1.04 bits per heavy atom. The maximum atomic E-state index is 12.0. The first-order valence-electron chi connectivity index (χ1n) is 6.95. The molecule has 0 radical (unpaired) electrons. The van der Waals surface area contributed by atoms with Crippen molar-refractivity contribution in [1.82, 2.24) is 10.6 Å². The van der Waals surface area contributed by atoms with Gasteiger partial charge in [-0.1, -0.05) is 59.6 Å². The molecule has 6 heteroatoms. The Kier molecular flexibility index (Phi) is 4.65. The molecule has 116 valence electrons. The number of nitrogens with one attached hydrogen (secondary N) is 2. The first-order valence-corrected chi connectivity index (χ1v) is 7.71. The van der Waals surface area contributed by atoms with Crippen LogP contribution < -0.4 is 10.6 Å². The molecular formula is C17H13Cl2N3O. The molecule has 1 saturated heterocycles. The zero-order chi connectivity index (χ0) is 16.2. The quantitative estimate of drug-likeness (QED) is 0.835. The third-order valence-electron chi connectivity index (χ3n) is 3.25. The lowest BCUT2D eigenvalue weighted by molar-refractivity contribution is -0.115. The summed E-state index contributed by atoms with van der Waals surface area (Å²) >= 11 is 12.0. The summed E-state index contributed by atoms with van der Waals surface area (Å²) in [6.07, 6.45) is 1.67. The molecule has 0 spiro atoms. The van der Waals surface area contributed by atoms with Crippen molar-refractivity contribution in [2.75, 3.05) is 0 Å². The molecule has 0 unspecified atom stereocenters. The van der Waals surface area contributed by atoms with Gasteiger partial charge in [-0.25, -0.2) is 4.99 Å². The van der Waals surface area contributed by atoms with E-state index in [4.69, 9.17) is 23.2 Å². The van der Waals surface area contributed by atoms with Crippen LogP contribution in [0.1, 0.15) is 11.1 Å². The highest BCUT2D eigenvalue weighted by molar-refractivity contribution is 6.35. The number of carbonyl (C=O) groups excluding carboxylic acids is 1. The molecule has 0 aliphatic carbocycles. The smallest absolute Gasteiger partial charge is 0.274 e. The van der Waals surface area contributed by atoms with Gasteiger partial charge in [0.05, 0.1) is 6.54 Å². The van der Waals surface area contributed by atoms with E-state index in [0.717, 1.165) is 5.56 Å². The Morgan fingerprint density at radius 3 is 2.57 bits per heavy atom. The first kappa shape index (κ1) is 15.6. The lowest BCUT2D eigenvalue weighted by Crippen LogP contribution is -2.25. The Labute approximate surface area is 143 Å². The number of aliphatic imine (C=N–C) groups is 1. The minimum Gasteiger partial charge on any atom is -0.321 e. The highest BCUT2D eigenvalue weighted by Gasteiger charge is 2.21. The number of hydrogen-bond donors (Lipinski definition) is 2. The van der Waals surface area contributed by atoms with Crippen LogP contribution in [0.4, 0.5) is 0 Å². The molecule has 0 atom stereocenters. The van der Waals surface area contributed by atoms with E-state index in [2.05, 4.69) is 15.6 Å². The van der Waals surface area contributed by atoms with Crippen molar-refractivity contribution < 1.29 is 4.79 Å². The molecule has 0 bridgehead atoms. The van der Waals surface area contributed by atoms with Crippen molar-refractivity contribution in [1.29, 1.82) is 0 Å². The summed E-state index contributed by atoms with van der Waals surface area (Å²) in [6, 6.07) is 14.9. The standard InChI is InChI=1S/C17H13Cl2N3O/c18-13-7-6-12(14(19)9-13)8-15-16(23)22-17(21-15)20-10-11-4-2-1-3-5-11/h1-9H,10H2,(H2,20,21,22,23)/b15-8+. The second kappa shape index (κ2) is 6.86. The average molecular weight is 346 g/mol. The summed E-state index contributed by atoms with van der Waals surface area (Å²) in [5.74, 6) is 0.179. The number of carbonyl (C=O) groups is 1. The molecule has 2 aromatic rings. The molecular weight excluding hydrogens is 333 g/mol. The molecule has 1 amide bonds. The molecule has 2 aromatic carbocycles. The van der Waals surface area contributed by atoms with Crippen molar-refractivity contribution in [3.05, 3.63) is 75.4 Å². The van der Waals surface area contributed by atoms with Crippen LogP contribution >= 0.6 is 23.2 Å². The van der Waals surface area contributed by atoms with Crippen molar-refractivity contribution in [3.8, 4) is 0 Å². The SMILES string of the molecule is O=C1NC(=NCc2ccccc2)N/C1=C/c1ccc(Cl)cc1Cl. The Hall–Kier alpha value is -2.30. The van der Waals surface area contributed by atoms with E-state index in [-0.39, 0.29) is 5.91 Å². The van der Waals surface area contributed by atoms with Crippen molar-refractivity contribution >= 4 is 41.1 Å². The van der Waals surface area contributed by atoms with Crippen LogP contribution in [0, 0.1) is 0 Å². The van der Waals surface area contributed by atoms with Gasteiger partial charge in [0.25, 0.3) is 5.91 Å². The normalized spacial score (nSPS) is 17.4. The van der Waals surface area contributed by atoms with Gasteiger partial charge in [0, 0.05) is 10.0 Å². The van der Waals surface area contributed by atoms with Gasteiger partial charge in [-0.3, -0.25) is 10.1 Å². The van der Waals surface area contributed by atoms with Gasteiger partial charge >= 0.3 is 0 Å². The molecule has 1 heterocycles. The summed E-state index contributed by atoms with van der Waals surface area (Å²) in [5, 5.41) is 6.68. The second-order valence-electron chi connectivity index (χ2n) is 4.95. The predicted octanol–water partition coefficient (Wildman–Crippen LogP) is 3.61. The second-order valence-corrected chi connectivity index (χ2v) is 5.80. The van der Waals surface area contributed by atoms with Gasteiger partial charge in [0.1, 0.15) is 5.70 Å². The van der Waals surface area contributed by atoms with Crippen LogP contribution in [0.25, 0.3) is 6.08 Å². The largest absolute Gasteiger partial charge is 0.321 e. The van der Waals surface area contributed by atoms with Crippen LogP contribution in [0.2, 0.25) is 10.0 Å². The number of benzene rings is 2. The zero-order valence-electron chi connectivity index (χ0n) is 12.0. The Morgan fingerprint density at radius 2 is 1.83 bits per heavy atom. The third-order valence-corrected chi connectivity index (χ3v) is 3.82. The van der Waals surface area contributed by atoms with E-state index in [1.807, 2.05) is 30.3 Å². The molecule has 2 N–H and O–H groups in total. The highest BCUT2D eigenvalue weighted by atomic mass is 35.5. The summed E-state index contributed by atoms with van der Waals surface area (Å²) in [7, 11) is 0. The highest BCUT2D eigenvalue weighted by Crippen LogP contribution is 2.23. The molecule has 4 nitrogen and oxygen atoms in total. The number of hydrogen-bond acceptors (Lipinski definition) is 2. The lowest BCUT2D eigenvalue weighted by Gasteiger charge is -2.01. The lowest BCUT2D eigenvalue weighted by atomic mass is 10.2. The van der Waals surface area contributed by atoms with Crippen LogP contribution in [0.15, 0.2) is 59.2 Å². The average Bonchev–Trinajstić information content (AvgIpc) is 2.89. The molecule has 1 aliphatic heterocycles. The van der Waals surface area contributed by atoms with Gasteiger partial charge < -0.3 is 5.32 Å². The fourth-order valence-corrected chi connectivity index (χ4v) is 2.56. The first-order chi connectivity index (χ1) is 11.1. The van der Waals surface area contributed by atoms with Gasteiger partial charge in [-0.05, 0) is 29.3 Å². The Bertz CT molecular complexity index is 801. The minimum absolute atomic E-state index is 0.247. The molecule has 1 fully saturated rings. The van der Waals surface area contributed by atoms with E-state index in [1.54, 1.807) is 24.3 Å². The summed E-state index contributed by atoms with van der Waals surface area (Å²) in [6.45, 7) is 0.485. The maximum absolute atomic E-state index is 12.0. The van der Waals surface area contributed by atoms with E-state index in [9.17, 15) is 4.79 Å². The summed E-state index contributed by atoms with van der Waals surface area (Å²) in [4.78, 5) is 16.3. The molecule has 0 aromatic heterocycles. The van der Waals surface area contributed by atoms with Gasteiger partial charge in [-0.15, -0.1) is 0 Å². The van der Waals surface area contributed by atoms with E-state index in [0.29, 0.717) is 33.8 Å². The van der Waals surface area contributed by atoms with Crippen LogP contribution in [-0.4, -0.2) is 11.9 Å². The van der Waals surface area contributed by atoms with Gasteiger partial charge in [-0.2, -0.15) is 0 Å². The summed E-state index contributed by atoms with van der Waals surface area (Å²) in [5.41, 5.74) is 2.16. The molecule has 1 aliphatic rings. The molecule has 23 heavy (non-hydrogen) atoms. The zero-order valence-corrected chi connectivity index (χ0v) is 13.5. The Balaban J connectivity index is 1.75. The van der Waals surface area contributed by atoms with E-state index in [1.165, 1.54) is 0 Å². The van der Waals surface area contributed by atoms with Crippen molar-refractivity contribution in [2.45, 2.75) is 6.54 Å². The summed E-state index contributed by atoms with van der Waals surface area (Å²) < 4.78 is 0. The van der Waals surface area contributed by atoms with Gasteiger partial charge in [0.2, 0.25) is 5.96 Å². The maximum Gasteiger partial charge on any atom is 0.274 e. The van der Waals surface area contributed by atoms with Crippen molar-refractivity contribution in [3.63, 3.8) is 0 Å². The number of halogens is 2. The number of nitrogens with zero attached hydrogens (tertiary/aromatic N) is 1. The van der Waals surface area contributed by atoms with Crippen molar-refractivity contribution in [2.24, 2.45) is 4.99 Å². The fourth-order valence-electron chi connectivity index (χ4n) is 2.10. The fraction of sp³-hybridized carbons (Fsp3) is 0.0588. The minimum atomic E-state index is -0.247. The van der Waals surface area contributed by atoms with E-state index >= 15 is 0 Å². The van der Waals surface area contributed by atoms with Crippen LogP contribution in [0.5, 0.6) is 0 Å². The van der Waals surface area contributed by atoms with E-state index < -0.39 is 0 Å². The van der Waals surface area contributed by atoms with Crippen LogP contribution in [0.3, 0.4) is 0 Å². The number of rotatable bonds is 3.